The van der Waals surface area contributed by atoms with E-state index in [0.717, 1.165) is 11.4 Å². The number of rotatable bonds is 6. The van der Waals surface area contributed by atoms with Gasteiger partial charge in [0.15, 0.2) is 6.61 Å². The predicted molar refractivity (Wildman–Crippen MR) is 122 cm³/mol. The summed E-state index contributed by atoms with van der Waals surface area (Å²) < 4.78 is 10.9. The number of para-hydroxylation sites is 3. The van der Waals surface area contributed by atoms with Crippen molar-refractivity contribution in [2.45, 2.75) is 0 Å². The lowest BCUT2D eigenvalue weighted by Crippen LogP contribution is -2.28. The topological polar surface area (TPSA) is 95.8 Å². The van der Waals surface area contributed by atoms with E-state index in [1.54, 1.807) is 54.2 Å². The van der Waals surface area contributed by atoms with Gasteiger partial charge in [-0.15, -0.1) is 0 Å². The lowest BCUT2D eigenvalue weighted by atomic mass is 10.2. The number of ether oxygens (including phenoxy) is 2. The largest absolute Gasteiger partial charge is 0.454 e. The van der Waals surface area contributed by atoms with E-state index in [1.807, 2.05) is 36.4 Å². The van der Waals surface area contributed by atoms with Crippen molar-refractivity contribution in [1.82, 2.24) is 4.98 Å². The number of anilines is 2. The highest BCUT2D eigenvalue weighted by atomic mass is 16.5. The van der Waals surface area contributed by atoms with Gasteiger partial charge in [0.2, 0.25) is 11.7 Å². The Hall–Kier alpha value is -4.64. The van der Waals surface area contributed by atoms with E-state index in [-0.39, 0.29) is 17.0 Å². The van der Waals surface area contributed by atoms with Crippen molar-refractivity contribution in [3.63, 3.8) is 0 Å². The van der Waals surface area contributed by atoms with Crippen molar-refractivity contribution in [1.29, 1.82) is 5.26 Å². The van der Waals surface area contributed by atoms with Gasteiger partial charge >= 0.3 is 5.97 Å². The van der Waals surface area contributed by atoms with Crippen LogP contribution in [0.15, 0.2) is 84.3 Å². The van der Waals surface area contributed by atoms with E-state index in [4.69, 9.17) is 9.47 Å². The van der Waals surface area contributed by atoms with Gasteiger partial charge in [-0.25, -0.2) is 9.78 Å². The van der Waals surface area contributed by atoms with Crippen LogP contribution in [0.2, 0.25) is 0 Å². The molecule has 0 bridgehead atoms. The van der Waals surface area contributed by atoms with Gasteiger partial charge in [0.25, 0.3) is 0 Å². The number of benzene rings is 2. The lowest BCUT2D eigenvalue weighted by molar-refractivity contribution is -0.118. The smallest absolute Gasteiger partial charge is 0.344 e. The summed E-state index contributed by atoms with van der Waals surface area (Å²) in [4.78, 5) is 33.2. The second-order valence-electron chi connectivity index (χ2n) is 7.19. The van der Waals surface area contributed by atoms with Crippen LogP contribution in [-0.2, 0) is 9.53 Å². The van der Waals surface area contributed by atoms with E-state index in [2.05, 4.69) is 4.98 Å². The quantitative estimate of drug-likeness (QED) is 0.323. The van der Waals surface area contributed by atoms with Crippen molar-refractivity contribution in [2.75, 3.05) is 30.5 Å². The molecule has 0 radical (unpaired) electrons. The van der Waals surface area contributed by atoms with Crippen molar-refractivity contribution < 1.29 is 19.1 Å². The minimum absolute atomic E-state index is 0.0609. The Bertz CT molecular complexity index is 1250. The normalized spacial score (nSPS) is 12.1. The molecule has 33 heavy (non-hydrogen) atoms. The fourth-order valence-corrected chi connectivity index (χ4v) is 3.57. The molecule has 8 heteroatoms. The molecule has 4 rings (SSSR count). The minimum atomic E-state index is -0.777. The van der Waals surface area contributed by atoms with Gasteiger partial charge < -0.3 is 19.3 Å². The Labute approximate surface area is 190 Å². The molecule has 0 spiro atoms. The minimum Gasteiger partial charge on any atom is -0.454 e. The Morgan fingerprint density at radius 3 is 2.21 bits per heavy atom. The number of hydrogen-bond acceptors (Lipinski definition) is 8. The zero-order valence-electron chi connectivity index (χ0n) is 18.1. The molecule has 0 atom stereocenters. The SMILES string of the molecule is CN1C(=C(C#N)C(=O)COC(=O)c2cccnc2Oc2ccccc2)N(C)c2ccccc21. The standard InChI is InChI=1S/C25H20N4O4/c1-28-20-12-6-7-13-21(20)29(2)24(28)19(15-26)22(30)16-32-25(31)18-11-8-14-27-23(18)33-17-9-4-3-5-10-17/h3-14H,16H2,1-2H3. The van der Waals surface area contributed by atoms with Crippen LogP contribution in [0.3, 0.4) is 0 Å². The van der Waals surface area contributed by atoms with Crippen molar-refractivity contribution >= 4 is 23.1 Å². The highest BCUT2D eigenvalue weighted by molar-refractivity contribution is 6.04. The number of carbonyl (C=O) groups is 2. The molecule has 0 aliphatic carbocycles. The number of fused-ring (bicyclic) bond motifs is 1. The van der Waals surface area contributed by atoms with Crippen LogP contribution < -0.4 is 14.5 Å². The summed E-state index contributed by atoms with van der Waals surface area (Å²) in [5.41, 5.74) is 1.70. The molecular weight excluding hydrogens is 420 g/mol. The fraction of sp³-hybridized carbons (Fsp3) is 0.120. The molecule has 0 N–H and O–H groups in total. The van der Waals surface area contributed by atoms with Crippen LogP contribution >= 0.6 is 0 Å². The molecule has 8 nitrogen and oxygen atoms in total. The number of carbonyl (C=O) groups excluding carboxylic acids is 2. The Morgan fingerprint density at radius 1 is 0.939 bits per heavy atom. The number of nitrogens with zero attached hydrogens (tertiary/aromatic N) is 4. The fourth-order valence-electron chi connectivity index (χ4n) is 3.57. The van der Waals surface area contributed by atoms with Crippen LogP contribution in [0.5, 0.6) is 11.6 Å². The first-order chi connectivity index (χ1) is 16.0. The maximum atomic E-state index is 12.9. The van der Waals surface area contributed by atoms with Crippen molar-refractivity contribution in [3.05, 3.63) is 89.9 Å². The first-order valence-corrected chi connectivity index (χ1v) is 10.1. The molecule has 2 heterocycles. The Kier molecular flexibility index (Phi) is 6.04. The number of ketones is 1. The van der Waals surface area contributed by atoms with Crippen LogP contribution in [0.25, 0.3) is 0 Å². The highest BCUT2D eigenvalue weighted by Gasteiger charge is 2.31. The Morgan fingerprint density at radius 2 is 1.58 bits per heavy atom. The number of pyridine rings is 1. The third-order valence-electron chi connectivity index (χ3n) is 5.14. The molecule has 0 saturated heterocycles. The highest BCUT2D eigenvalue weighted by Crippen LogP contribution is 2.40. The summed E-state index contributed by atoms with van der Waals surface area (Å²) in [5, 5.41) is 9.71. The molecule has 0 saturated carbocycles. The number of aromatic nitrogens is 1. The molecule has 1 aliphatic rings. The Balaban J connectivity index is 1.51. The van der Waals surface area contributed by atoms with Gasteiger partial charge in [0.1, 0.15) is 28.8 Å². The summed E-state index contributed by atoms with van der Waals surface area (Å²) >= 11 is 0. The maximum absolute atomic E-state index is 12.9. The second-order valence-corrected chi connectivity index (χ2v) is 7.19. The summed E-state index contributed by atoms with van der Waals surface area (Å²) in [6, 6.07) is 21.5. The summed E-state index contributed by atoms with van der Waals surface area (Å²) in [6.45, 7) is -0.594. The number of Topliss-reactive ketones (excluding diaryl/α,β-unsaturated/α-hetero) is 1. The maximum Gasteiger partial charge on any atom is 0.344 e. The van der Waals surface area contributed by atoms with E-state index in [1.165, 1.54) is 12.3 Å². The van der Waals surface area contributed by atoms with Crippen LogP contribution in [0.1, 0.15) is 10.4 Å². The molecule has 1 aromatic heterocycles. The molecule has 2 aromatic carbocycles. The van der Waals surface area contributed by atoms with Crippen LogP contribution in [0, 0.1) is 11.3 Å². The second kappa shape index (κ2) is 9.24. The van der Waals surface area contributed by atoms with Gasteiger partial charge in [-0.3, -0.25) is 4.79 Å². The van der Waals surface area contributed by atoms with Gasteiger partial charge in [-0.2, -0.15) is 5.26 Å². The molecule has 0 fully saturated rings. The van der Waals surface area contributed by atoms with Crippen LogP contribution in [-0.4, -0.2) is 37.4 Å². The van der Waals surface area contributed by atoms with Gasteiger partial charge in [-0.05, 0) is 36.4 Å². The zero-order chi connectivity index (χ0) is 23.4. The monoisotopic (exact) mass is 440 g/mol. The summed E-state index contributed by atoms with van der Waals surface area (Å²) in [7, 11) is 3.55. The van der Waals surface area contributed by atoms with E-state index in [0.29, 0.717) is 11.6 Å². The molecule has 164 valence electrons. The average molecular weight is 440 g/mol. The molecular formula is C25H20N4O4. The lowest BCUT2D eigenvalue weighted by Gasteiger charge is -2.19. The first kappa shape index (κ1) is 21.6. The average Bonchev–Trinajstić information content (AvgIpc) is 3.09. The number of hydrogen-bond donors (Lipinski definition) is 0. The first-order valence-electron chi connectivity index (χ1n) is 10.1. The summed E-state index contributed by atoms with van der Waals surface area (Å²) in [6.07, 6.45) is 1.49. The van der Waals surface area contributed by atoms with Gasteiger partial charge in [0.05, 0.1) is 11.4 Å². The third-order valence-corrected chi connectivity index (χ3v) is 5.14. The number of esters is 1. The molecule has 0 amide bonds. The van der Waals surface area contributed by atoms with E-state index >= 15 is 0 Å². The van der Waals surface area contributed by atoms with Crippen molar-refractivity contribution in [2.24, 2.45) is 0 Å². The third kappa shape index (κ3) is 4.25. The van der Waals surface area contributed by atoms with Gasteiger partial charge in [-0.1, -0.05) is 30.3 Å². The van der Waals surface area contributed by atoms with Crippen LogP contribution in [0.4, 0.5) is 11.4 Å². The zero-order valence-corrected chi connectivity index (χ0v) is 18.1. The van der Waals surface area contributed by atoms with Gasteiger partial charge in [0, 0.05) is 20.3 Å². The van der Waals surface area contributed by atoms with Crippen molar-refractivity contribution in [3.8, 4) is 17.7 Å². The van der Waals surface area contributed by atoms with E-state index < -0.39 is 18.4 Å². The number of nitriles is 1. The van der Waals surface area contributed by atoms with E-state index in [9.17, 15) is 14.9 Å². The predicted octanol–water partition coefficient (Wildman–Crippen LogP) is 3.92. The molecule has 3 aromatic rings. The summed E-state index contributed by atoms with van der Waals surface area (Å²) in [5.74, 6) is -0.396. The molecule has 0 unspecified atom stereocenters. The molecule has 1 aliphatic heterocycles.